The van der Waals surface area contributed by atoms with E-state index in [-0.39, 0.29) is 0 Å². The molecule has 0 aliphatic heterocycles. The molecule has 0 heterocycles. The first kappa shape index (κ1) is 19.3. The quantitative estimate of drug-likeness (QED) is 0.485. The number of benzene rings is 1. The van der Waals surface area contributed by atoms with Crippen LogP contribution in [0.1, 0.15) is 78.1 Å². The van der Waals surface area contributed by atoms with Crippen LogP contribution >= 0.6 is 11.8 Å². The average Bonchev–Trinajstić information content (AvgIpc) is 3.10. The highest BCUT2D eigenvalue weighted by atomic mass is 32.2. The number of rotatable bonds is 3. The molecule has 154 valence electrons. The van der Waals surface area contributed by atoms with Crippen molar-refractivity contribution in [1.29, 1.82) is 0 Å². The van der Waals surface area contributed by atoms with Crippen molar-refractivity contribution in [3.63, 3.8) is 0 Å². The lowest BCUT2D eigenvalue weighted by molar-refractivity contribution is -0.146. The van der Waals surface area contributed by atoms with Gasteiger partial charge in [-0.2, -0.15) is 0 Å². The highest BCUT2D eigenvalue weighted by Gasteiger charge is 2.60. The van der Waals surface area contributed by atoms with Crippen LogP contribution in [0.4, 0.5) is 0 Å². The van der Waals surface area contributed by atoms with E-state index in [1.54, 1.807) is 0 Å². The third-order valence-corrected chi connectivity index (χ3v) is 10.4. The zero-order chi connectivity index (χ0) is 19.4. The van der Waals surface area contributed by atoms with Gasteiger partial charge >= 0.3 is 0 Å². The fraction of sp³-hybridized carbons (Fsp3) is 0.769. The predicted molar refractivity (Wildman–Crippen MR) is 119 cm³/mol. The second kappa shape index (κ2) is 7.25. The minimum Gasteiger partial charge on any atom is -0.490 e. The molecule has 7 atom stereocenters. The Morgan fingerprint density at radius 2 is 1.64 bits per heavy atom. The van der Waals surface area contributed by atoms with Gasteiger partial charge in [0.1, 0.15) is 11.9 Å². The van der Waals surface area contributed by atoms with E-state index in [0.717, 1.165) is 29.4 Å². The lowest BCUT2D eigenvalue weighted by atomic mass is 9.45. The highest BCUT2D eigenvalue weighted by Crippen LogP contribution is 2.66. The molecule has 0 unspecified atom stereocenters. The van der Waals surface area contributed by atoms with Crippen LogP contribution in [-0.4, -0.2) is 12.4 Å². The van der Waals surface area contributed by atoms with Gasteiger partial charge in [-0.3, -0.25) is 0 Å². The van der Waals surface area contributed by atoms with Crippen molar-refractivity contribution < 1.29 is 4.74 Å². The van der Waals surface area contributed by atoms with Gasteiger partial charge in [-0.05, 0) is 104 Å². The number of hydrogen-bond acceptors (Lipinski definition) is 2. The van der Waals surface area contributed by atoms with E-state index in [1.165, 1.54) is 69.1 Å². The molecule has 0 bridgehead atoms. The maximum absolute atomic E-state index is 6.81. The number of ether oxygens (including phenoxy) is 1. The lowest BCUT2D eigenvalue weighted by Crippen LogP contribution is -2.57. The van der Waals surface area contributed by atoms with E-state index in [4.69, 9.17) is 4.74 Å². The van der Waals surface area contributed by atoms with E-state index in [0.29, 0.717) is 16.9 Å². The Hall–Kier alpha value is -0.630. The molecule has 28 heavy (non-hydrogen) atoms. The Kier molecular flexibility index (Phi) is 5.01. The lowest BCUT2D eigenvalue weighted by Gasteiger charge is -2.61. The van der Waals surface area contributed by atoms with E-state index >= 15 is 0 Å². The molecular formula is C26H38OS. The fourth-order valence-electron chi connectivity index (χ4n) is 8.28. The first-order chi connectivity index (χ1) is 13.5. The summed E-state index contributed by atoms with van der Waals surface area (Å²) >= 11 is 1.81. The van der Waals surface area contributed by atoms with E-state index in [9.17, 15) is 0 Å². The fourth-order valence-corrected chi connectivity index (χ4v) is 8.68. The van der Waals surface area contributed by atoms with E-state index in [1.807, 2.05) is 11.8 Å². The average molecular weight is 399 g/mol. The van der Waals surface area contributed by atoms with Crippen molar-refractivity contribution in [3.05, 3.63) is 24.3 Å². The Labute approximate surface area is 176 Å². The molecule has 4 fully saturated rings. The smallest absolute Gasteiger partial charge is 0.119 e. The molecule has 0 spiro atoms. The van der Waals surface area contributed by atoms with Crippen LogP contribution < -0.4 is 4.74 Å². The van der Waals surface area contributed by atoms with Crippen molar-refractivity contribution in [2.45, 2.75) is 89.1 Å². The molecule has 5 rings (SSSR count). The first-order valence-corrected chi connectivity index (χ1v) is 13.1. The molecule has 0 N–H and O–H groups in total. The Morgan fingerprint density at radius 1 is 0.857 bits per heavy atom. The first-order valence-electron chi connectivity index (χ1n) is 11.8. The Morgan fingerprint density at radius 3 is 2.43 bits per heavy atom. The SMILES string of the molecule is CSc1ccc(O[C@@H]2C[C@H]3[C@@H]4CCC[C@@]4(C)CC[C@@H]3[C@@]3(C)CCCC[C@H]23)cc1. The summed E-state index contributed by atoms with van der Waals surface area (Å²) in [6.45, 7) is 5.28. The van der Waals surface area contributed by atoms with Gasteiger partial charge in [-0.1, -0.05) is 33.1 Å². The van der Waals surface area contributed by atoms with Crippen LogP contribution in [0, 0.1) is 34.5 Å². The van der Waals surface area contributed by atoms with Gasteiger partial charge in [0.05, 0.1) is 0 Å². The van der Waals surface area contributed by atoms with Gasteiger partial charge in [0.25, 0.3) is 0 Å². The largest absolute Gasteiger partial charge is 0.490 e. The van der Waals surface area contributed by atoms with Crippen LogP contribution in [0.3, 0.4) is 0 Å². The second-order valence-electron chi connectivity index (χ2n) is 10.9. The molecular weight excluding hydrogens is 360 g/mol. The summed E-state index contributed by atoms with van der Waals surface area (Å²) < 4.78 is 6.81. The summed E-state index contributed by atoms with van der Waals surface area (Å²) in [4.78, 5) is 1.33. The normalized spacial score (nSPS) is 45.0. The van der Waals surface area contributed by atoms with Crippen molar-refractivity contribution in [2.24, 2.45) is 34.5 Å². The number of fused-ring (bicyclic) bond motifs is 5. The third-order valence-electron chi connectivity index (χ3n) is 9.69. The molecule has 0 saturated heterocycles. The third kappa shape index (κ3) is 3.04. The van der Waals surface area contributed by atoms with Crippen LogP contribution in [0.15, 0.2) is 29.2 Å². The summed E-state index contributed by atoms with van der Waals surface area (Å²) in [5.41, 5.74) is 1.14. The van der Waals surface area contributed by atoms with Crippen LogP contribution in [0.2, 0.25) is 0 Å². The van der Waals surface area contributed by atoms with Gasteiger partial charge in [0.2, 0.25) is 0 Å². The zero-order valence-electron chi connectivity index (χ0n) is 18.1. The Bertz CT molecular complexity index is 699. The second-order valence-corrected chi connectivity index (χ2v) is 11.8. The summed E-state index contributed by atoms with van der Waals surface area (Å²) in [6.07, 6.45) is 16.9. The van der Waals surface area contributed by atoms with Crippen molar-refractivity contribution in [2.75, 3.05) is 6.26 Å². The van der Waals surface area contributed by atoms with Gasteiger partial charge in [-0.25, -0.2) is 0 Å². The van der Waals surface area contributed by atoms with Crippen molar-refractivity contribution in [3.8, 4) is 5.75 Å². The molecule has 4 saturated carbocycles. The van der Waals surface area contributed by atoms with Crippen LogP contribution in [-0.2, 0) is 0 Å². The number of hydrogen-bond donors (Lipinski definition) is 0. The highest BCUT2D eigenvalue weighted by molar-refractivity contribution is 7.98. The summed E-state index contributed by atoms with van der Waals surface area (Å²) in [7, 11) is 0. The van der Waals surface area contributed by atoms with E-state index < -0.39 is 0 Å². The molecule has 0 aromatic heterocycles. The van der Waals surface area contributed by atoms with Crippen molar-refractivity contribution >= 4 is 11.8 Å². The summed E-state index contributed by atoms with van der Waals surface area (Å²) in [5.74, 6) is 4.66. The van der Waals surface area contributed by atoms with Gasteiger partial charge in [0.15, 0.2) is 0 Å². The molecule has 1 nitrogen and oxygen atoms in total. The van der Waals surface area contributed by atoms with Crippen LogP contribution in [0.25, 0.3) is 0 Å². The van der Waals surface area contributed by atoms with Gasteiger partial charge < -0.3 is 4.74 Å². The molecule has 4 aliphatic carbocycles. The monoisotopic (exact) mass is 398 g/mol. The minimum atomic E-state index is 0.426. The molecule has 4 aliphatic rings. The maximum Gasteiger partial charge on any atom is 0.119 e. The molecule has 2 heteroatoms. The minimum absolute atomic E-state index is 0.426. The van der Waals surface area contributed by atoms with Crippen LogP contribution in [0.5, 0.6) is 5.75 Å². The van der Waals surface area contributed by atoms with E-state index in [2.05, 4.69) is 44.4 Å². The van der Waals surface area contributed by atoms with Gasteiger partial charge in [-0.15, -0.1) is 11.8 Å². The molecule has 1 aromatic rings. The topological polar surface area (TPSA) is 9.23 Å². The standard InChI is InChI=1S/C26H38OS/c1-25-14-6-8-21(25)20-17-24(27-18-9-11-19(28-3)12-10-18)23-7-4-5-15-26(23,2)22(20)13-16-25/h9-12,20-24H,4-8,13-17H2,1-3H3/t20-,21-,22-,23+,24+,25-,26+/m0/s1. The Balaban J connectivity index is 1.45. The zero-order valence-corrected chi connectivity index (χ0v) is 18.9. The summed E-state index contributed by atoms with van der Waals surface area (Å²) in [6, 6.07) is 8.86. The molecule has 1 aromatic carbocycles. The van der Waals surface area contributed by atoms with Gasteiger partial charge in [0, 0.05) is 10.8 Å². The molecule has 0 radical (unpaired) electrons. The number of thioether (sulfide) groups is 1. The molecule has 0 amide bonds. The van der Waals surface area contributed by atoms with Crippen molar-refractivity contribution in [1.82, 2.24) is 0 Å². The maximum atomic E-state index is 6.81. The predicted octanol–water partition coefficient (Wildman–Crippen LogP) is 7.59. The summed E-state index contributed by atoms with van der Waals surface area (Å²) in [5, 5.41) is 0.